The molecule has 0 aliphatic rings. The maximum atomic E-state index is 13.9. The smallest absolute Gasteiger partial charge is 0.129 e. The summed E-state index contributed by atoms with van der Waals surface area (Å²) in [5, 5.41) is 3.15. The molecule has 1 atom stereocenters. The predicted octanol–water partition coefficient (Wildman–Crippen LogP) is 3.49. The summed E-state index contributed by atoms with van der Waals surface area (Å²) in [5.41, 5.74) is 1.73. The maximum Gasteiger partial charge on any atom is 0.129 e. The van der Waals surface area contributed by atoms with Crippen molar-refractivity contribution in [2.24, 2.45) is 0 Å². The van der Waals surface area contributed by atoms with E-state index in [9.17, 15) is 4.39 Å². The van der Waals surface area contributed by atoms with Crippen molar-refractivity contribution in [3.05, 3.63) is 64.1 Å². The Morgan fingerprint density at radius 2 is 2.17 bits per heavy atom. The largest absolute Gasteiger partial charge is 0.313 e. The minimum absolute atomic E-state index is 0.0789. The van der Waals surface area contributed by atoms with Gasteiger partial charge < -0.3 is 5.32 Å². The Labute approximate surface area is 114 Å². The lowest BCUT2D eigenvalue weighted by molar-refractivity contribution is 0.531. The third-order valence-electron chi connectivity index (χ3n) is 2.86. The first-order chi connectivity index (χ1) is 8.72. The molecule has 2 nitrogen and oxygen atoms in total. The van der Waals surface area contributed by atoms with E-state index in [1.165, 1.54) is 6.07 Å². The van der Waals surface area contributed by atoms with E-state index in [4.69, 9.17) is 0 Å². The Balaban J connectivity index is 2.29. The second kappa shape index (κ2) is 6.07. The summed E-state index contributed by atoms with van der Waals surface area (Å²) in [6.07, 6.45) is 4.24. The number of hydrogen-bond acceptors (Lipinski definition) is 2. The SMILES string of the molecule is CNC(Cc1cccnc1)c1c(F)cccc1Br. The zero-order chi connectivity index (χ0) is 13.0. The van der Waals surface area contributed by atoms with E-state index >= 15 is 0 Å². The van der Waals surface area contributed by atoms with Crippen LogP contribution in [0.25, 0.3) is 0 Å². The monoisotopic (exact) mass is 308 g/mol. The van der Waals surface area contributed by atoms with Gasteiger partial charge in [0.05, 0.1) is 0 Å². The first-order valence-electron chi connectivity index (χ1n) is 5.72. The highest BCUT2D eigenvalue weighted by atomic mass is 79.9. The lowest BCUT2D eigenvalue weighted by Crippen LogP contribution is -2.20. The van der Waals surface area contributed by atoms with E-state index in [0.29, 0.717) is 12.0 Å². The van der Waals surface area contributed by atoms with Crippen LogP contribution in [0.1, 0.15) is 17.2 Å². The van der Waals surface area contributed by atoms with E-state index in [1.807, 2.05) is 25.2 Å². The molecule has 1 aromatic carbocycles. The number of nitrogens with zero attached hydrogens (tertiary/aromatic N) is 1. The molecular formula is C14H14BrFN2. The molecule has 0 saturated heterocycles. The molecule has 0 aliphatic carbocycles. The van der Waals surface area contributed by atoms with Gasteiger partial charge in [-0.2, -0.15) is 0 Å². The summed E-state index contributed by atoms with van der Waals surface area (Å²) in [5.74, 6) is -0.201. The van der Waals surface area contributed by atoms with Crippen molar-refractivity contribution in [1.82, 2.24) is 10.3 Å². The second-order valence-electron chi connectivity index (χ2n) is 4.04. The summed E-state index contributed by atoms with van der Waals surface area (Å²) in [6, 6.07) is 8.83. The van der Waals surface area contributed by atoms with Crippen LogP contribution in [0, 0.1) is 5.82 Å². The Bertz CT molecular complexity index is 496. The van der Waals surface area contributed by atoms with Gasteiger partial charge in [-0.15, -0.1) is 0 Å². The van der Waals surface area contributed by atoms with E-state index in [2.05, 4.69) is 26.2 Å². The van der Waals surface area contributed by atoms with Crippen LogP contribution in [0.4, 0.5) is 4.39 Å². The summed E-state index contributed by atoms with van der Waals surface area (Å²) in [4.78, 5) is 4.08. The van der Waals surface area contributed by atoms with Crippen molar-refractivity contribution in [1.29, 1.82) is 0 Å². The Morgan fingerprint density at radius 3 is 2.78 bits per heavy atom. The zero-order valence-corrected chi connectivity index (χ0v) is 11.6. The molecular weight excluding hydrogens is 295 g/mol. The van der Waals surface area contributed by atoms with E-state index in [1.54, 1.807) is 18.5 Å². The number of halogens is 2. The fraction of sp³-hybridized carbons (Fsp3) is 0.214. The highest BCUT2D eigenvalue weighted by Gasteiger charge is 2.17. The van der Waals surface area contributed by atoms with Crippen LogP contribution in [0.2, 0.25) is 0 Å². The Kier molecular flexibility index (Phi) is 4.44. The van der Waals surface area contributed by atoms with Crippen molar-refractivity contribution in [2.75, 3.05) is 7.05 Å². The van der Waals surface area contributed by atoms with Gasteiger partial charge in [-0.1, -0.05) is 28.1 Å². The molecule has 1 aromatic heterocycles. The van der Waals surface area contributed by atoms with Gasteiger partial charge in [0, 0.05) is 28.5 Å². The van der Waals surface area contributed by atoms with Gasteiger partial charge in [0.15, 0.2) is 0 Å². The number of rotatable bonds is 4. The van der Waals surface area contributed by atoms with Crippen molar-refractivity contribution in [2.45, 2.75) is 12.5 Å². The van der Waals surface area contributed by atoms with Gasteiger partial charge in [-0.05, 0) is 37.2 Å². The average molecular weight is 309 g/mol. The number of hydrogen-bond donors (Lipinski definition) is 1. The number of pyridine rings is 1. The summed E-state index contributed by atoms with van der Waals surface area (Å²) in [7, 11) is 1.83. The van der Waals surface area contributed by atoms with E-state index in [-0.39, 0.29) is 11.9 Å². The molecule has 1 N–H and O–H groups in total. The first-order valence-corrected chi connectivity index (χ1v) is 6.51. The van der Waals surface area contributed by atoms with Gasteiger partial charge in [-0.25, -0.2) is 4.39 Å². The molecule has 1 unspecified atom stereocenters. The highest BCUT2D eigenvalue weighted by molar-refractivity contribution is 9.10. The lowest BCUT2D eigenvalue weighted by atomic mass is 9.99. The molecule has 0 aliphatic heterocycles. The van der Waals surface area contributed by atoms with Crippen LogP contribution in [0.5, 0.6) is 0 Å². The van der Waals surface area contributed by atoms with Gasteiger partial charge in [0.2, 0.25) is 0 Å². The number of nitrogens with one attached hydrogen (secondary N) is 1. The average Bonchev–Trinajstić information content (AvgIpc) is 2.38. The third kappa shape index (κ3) is 2.94. The van der Waals surface area contributed by atoms with Crippen LogP contribution < -0.4 is 5.32 Å². The zero-order valence-electron chi connectivity index (χ0n) is 10.0. The normalized spacial score (nSPS) is 12.4. The molecule has 0 saturated carbocycles. The molecule has 1 heterocycles. The molecule has 0 bridgehead atoms. The van der Waals surface area contributed by atoms with Crippen molar-refractivity contribution >= 4 is 15.9 Å². The first kappa shape index (κ1) is 13.2. The minimum Gasteiger partial charge on any atom is -0.313 e. The predicted molar refractivity (Wildman–Crippen MR) is 73.8 cm³/mol. The van der Waals surface area contributed by atoms with Gasteiger partial charge >= 0.3 is 0 Å². The van der Waals surface area contributed by atoms with Crippen LogP contribution in [-0.2, 0) is 6.42 Å². The lowest BCUT2D eigenvalue weighted by Gasteiger charge is -2.18. The van der Waals surface area contributed by atoms with Crippen molar-refractivity contribution in [3.63, 3.8) is 0 Å². The van der Waals surface area contributed by atoms with Gasteiger partial charge in [0.25, 0.3) is 0 Å². The topological polar surface area (TPSA) is 24.9 Å². The summed E-state index contributed by atoms with van der Waals surface area (Å²) in [6.45, 7) is 0. The standard InChI is InChI=1S/C14H14BrFN2/c1-17-13(8-10-4-3-7-18-9-10)14-11(15)5-2-6-12(14)16/h2-7,9,13,17H,8H2,1H3. The van der Waals surface area contributed by atoms with Crippen LogP contribution in [0.3, 0.4) is 0 Å². The maximum absolute atomic E-state index is 13.9. The highest BCUT2D eigenvalue weighted by Crippen LogP contribution is 2.28. The molecule has 2 rings (SSSR count). The van der Waals surface area contributed by atoms with E-state index < -0.39 is 0 Å². The summed E-state index contributed by atoms with van der Waals surface area (Å²) < 4.78 is 14.7. The molecule has 2 aromatic rings. The molecule has 18 heavy (non-hydrogen) atoms. The summed E-state index contributed by atoms with van der Waals surface area (Å²) >= 11 is 3.41. The second-order valence-corrected chi connectivity index (χ2v) is 4.90. The number of likely N-dealkylation sites (N-methyl/N-ethyl adjacent to an activating group) is 1. The fourth-order valence-corrected chi connectivity index (χ4v) is 2.56. The quantitative estimate of drug-likeness (QED) is 0.935. The van der Waals surface area contributed by atoms with Crippen LogP contribution in [0.15, 0.2) is 47.2 Å². The van der Waals surface area contributed by atoms with Crippen molar-refractivity contribution in [3.8, 4) is 0 Å². The molecule has 0 radical (unpaired) electrons. The van der Waals surface area contributed by atoms with Crippen LogP contribution in [-0.4, -0.2) is 12.0 Å². The minimum atomic E-state index is -0.201. The van der Waals surface area contributed by atoms with Gasteiger partial charge in [-0.3, -0.25) is 4.98 Å². The number of benzene rings is 1. The number of aromatic nitrogens is 1. The molecule has 94 valence electrons. The van der Waals surface area contributed by atoms with Gasteiger partial charge in [0.1, 0.15) is 5.82 Å². The fourth-order valence-electron chi connectivity index (χ4n) is 1.95. The molecule has 0 spiro atoms. The molecule has 0 amide bonds. The molecule has 0 fully saturated rings. The Morgan fingerprint density at radius 1 is 1.33 bits per heavy atom. The van der Waals surface area contributed by atoms with Crippen molar-refractivity contribution < 1.29 is 4.39 Å². The van der Waals surface area contributed by atoms with E-state index in [0.717, 1.165) is 10.0 Å². The third-order valence-corrected chi connectivity index (χ3v) is 3.55. The van der Waals surface area contributed by atoms with Crippen LogP contribution >= 0.6 is 15.9 Å². The Hall–Kier alpha value is -1.26. The molecule has 4 heteroatoms.